The Hall–Kier alpha value is -3.15. The summed E-state index contributed by atoms with van der Waals surface area (Å²) in [5.74, 6) is -0.874. The van der Waals surface area contributed by atoms with Crippen LogP contribution in [0.4, 0.5) is 11.4 Å². The average molecular weight is 379 g/mol. The van der Waals surface area contributed by atoms with Crippen molar-refractivity contribution in [2.45, 2.75) is 32.6 Å². The summed E-state index contributed by atoms with van der Waals surface area (Å²) >= 11 is 0. The van der Waals surface area contributed by atoms with E-state index < -0.39 is 5.91 Å². The predicted molar refractivity (Wildman–Crippen MR) is 110 cm³/mol. The zero-order chi connectivity index (χ0) is 20.1. The van der Waals surface area contributed by atoms with Crippen LogP contribution < -0.4 is 16.0 Å². The molecule has 28 heavy (non-hydrogen) atoms. The smallest absolute Gasteiger partial charge is 0.248 e. The van der Waals surface area contributed by atoms with Crippen molar-refractivity contribution in [2.75, 3.05) is 23.3 Å². The Morgan fingerprint density at radius 1 is 0.964 bits per heavy atom. The molecule has 1 aliphatic rings. The summed E-state index contributed by atoms with van der Waals surface area (Å²) in [6, 6.07) is 12.4. The number of hydrogen-bond donors (Lipinski definition) is 2. The highest BCUT2D eigenvalue weighted by Crippen LogP contribution is 2.30. The number of primary amides is 1. The molecule has 1 fully saturated rings. The molecule has 0 saturated carbocycles. The van der Waals surface area contributed by atoms with E-state index in [-0.39, 0.29) is 24.5 Å². The third-order valence-electron chi connectivity index (χ3n) is 4.95. The molecule has 0 bridgehead atoms. The van der Waals surface area contributed by atoms with Gasteiger partial charge in [0.2, 0.25) is 11.8 Å². The fourth-order valence-corrected chi connectivity index (χ4v) is 3.35. The Kier molecular flexibility index (Phi) is 6.09. The van der Waals surface area contributed by atoms with Crippen LogP contribution in [0.5, 0.6) is 0 Å². The fraction of sp³-hybridized carbons (Fsp3) is 0.318. The van der Waals surface area contributed by atoms with Gasteiger partial charge < -0.3 is 16.0 Å². The first kappa shape index (κ1) is 19.6. The van der Waals surface area contributed by atoms with E-state index in [9.17, 15) is 14.4 Å². The lowest BCUT2D eigenvalue weighted by molar-refractivity contribution is -0.116. The van der Waals surface area contributed by atoms with E-state index in [4.69, 9.17) is 5.73 Å². The summed E-state index contributed by atoms with van der Waals surface area (Å²) in [5.41, 5.74) is 8.84. The average Bonchev–Trinajstić information content (AvgIpc) is 3.21. The monoisotopic (exact) mass is 379 g/mol. The van der Waals surface area contributed by atoms with Gasteiger partial charge >= 0.3 is 0 Å². The minimum atomic E-state index is -0.544. The summed E-state index contributed by atoms with van der Waals surface area (Å²) in [7, 11) is 0. The maximum absolute atomic E-state index is 12.5. The van der Waals surface area contributed by atoms with E-state index in [1.165, 1.54) is 0 Å². The SMILES string of the molecule is Cc1ccc(C(=O)CCC(=O)Nc2cc(C(N)=O)ccc2N2CCCC2)cc1. The molecule has 3 N–H and O–H groups in total. The van der Waals surface area contributed by atoms with Gasteiger partial charge in [-0.1, -0.05) is 29.8 Å². The van der Waals surface area contributed by atoms with Crippen LogP contribution in [0.15, 0.2) is 42.5 Å². The fourth-order valence-electron chi connectivity index (χ4n) is 3.35. The molecule has 1 heterocycles. The number of nitrogens with zero attached hydrogens (tertiary/aromatic N) is 1. The standard InChI is InChI=1S/C22H25N3O3/c1-15-4-6-16(7-5-15)20(26)10-11-21(27)24-18-14-17(22(23)28)8-9-19(18)25-12-2-3-13-25/h4-9,14H,2-3,10-13H2,1H3,(H2,23,28)(H,24,27). The molecular formula is C22H25N3O3. The van der Waals surface area contributed by atoms with Gasteiger partial charge in [0.05, 0.1) is 11.4 Å². The van der Waals surface area contributed by atoms with Gasteiger partial charge in [-0.25, -0.2) is 0 Å². The summed E-state index contributed by atoms with van der Waals surface area (Å²) in [5, 5.41) is 2.86. The largest absolute Gasteiger partial charge is 0.370 e. The number of aryl methyl sites for hydroxylation is 1. The molecule has 6 heteroatoms. The third-order valence-corrected chi connectivity index (χ3v) is 4.95. The lowest BCUT2D eigenvalue weighted by Crippen LogP contribution is -2.22. The van der Waals surface area contributed by atoms with Crippen LogP contribution in [0.1, 0.15) is 52.0 Å². The zero-order valence-electron chi connectivity index (χ0n) is 16.0. The number of carbonyl (C=O) groups excluding carboxylic acids is 3. The van der Waals surface area contributed by atoms with E-state index in [0.29, 0.717) is 16.8 Å². The Morgan fingerprint density at radius 2 is 1.61 bits per heavy atom. The van der Waals surface area contributed by atoms with Crippen molar-refractivity contribution in [1.82, 2.24) is 0 Å². The van der Waals surface area contributed by atoms with E-state index >= 15 is 0 Å². The van der Waals surface area contributed by atoms with E-state index in [2.05, 4.69) is 10.2 Å². The molecule has 2 aromatic carbocycles. The van der Waals surface area contributed by atoms with Crippen molar-refractivity contribution in [1.29, 1.82) is 0 Å². The molecular weight excluding hydrogens is 354 g/mol. The number of nitrogens with two attached hydrogens (primary N) is 1. The maximum Gasteiger partial charge on any atom is 0.248 e. The van der Waals surface area contributed by atoms with Crippen LogP contribution in [-0.2, 0) is 4.79 Å². The molecule has 0 aliphatic carbocycles. The molecule has 3 rings (SSSR count). The van der Waals surface area contributed by atoms with Gasteiger partial charge in [0.1, 0.15) is 0 Å². The Morgan fingerprint density at radius 3 is 2.25 bits per heavy atom. The van der Waals surface area contributed by atoms with Crippen LogP contribution in [0, 0.1) is 6.92 Å². The number of anilines is 2. The van der Waals surface area contributed by atoms with Crippen molar-refractivity contribution in [3.05, 3.63) is 59.2 Å². The number of hydrogen-bond acceptors (Lipinski definition) is 4. The second-order valence-electron chi connectivity index (χ2n) is 7.13. The van der Waals surface area contributed by atoms with Gasteiger partial charge in [0.25, 0.3) is 0 Å². The van der Waals surface area contributed by atoms with Gasteiger partial charge in [-0.3, -0.25) is 14.4 Å². The quantitative estimate of drug-likeness (QED) is 0.722. The third kappa shape index (κ3) is 4.76. The van der Waals surface area contributed by atoms with Crippen LogP contribution in [-0.4, -0.2) is 30.7 Å². The summed E-state index contributed by atoms with van der Waals surface area (Å²) < 4.78 is 0. The van der Waals surface area contributed by atoms with Crippen LogP contribution in [0.2, 0.25) is 0 Å². The molecule has 6 nitrogen and oxygen atoms in total. The van der Waals surface area contributed by atoms with Gasteiger partial charge in [-0.2, -0.15) is 0 Å². The molecule has 0 spiro atoms. The number of rotatable bonds is 7. The summed E-state index contributed by atoms with van der Waals surface area (Å²) in [6.07, 6.45) is 2.39. The topological polar surface area (TPSA) is 92.5 Å². The predicted octanol–water partition coefficient (Wildman–Crippen LogP) is 3.30. The molecule has 1 aliphatic heterocycles. The number of benzene rings is 2. The Balaban J connectivity index is 1.68. The maximum atomic E-state index is 12.5. The number of ketones is 1. The van der Waals surface area contributed by atoms with E-state index in [1.54, 1.807) is 24.3 Å². The normalized spacial score (nSPS) is 13.4. The molecule has 2 amide bonds. The van der Waals surface area contributed by atoms with E-state index in [0.717, 1.165) is 37.2 Å². The first-order chi connectivity index (χ1) is 13.4. The number of carbonyl (C=O) groups is 3. The van der Waals surface area contributed by atoms with Crippen molar-refractivity contribution >= 4 is 29.0 Å². The molecule has 1 saturated heterocycles. The molecule has 0 atom stereocenters. The second kappa shape index (κ2) is 8.69. The second-order valence-corrected chi connectivity index (χ2v) is 7.13. The van der Waals surface area contributed by atoms with Gasteiger partial charge in [0.15, 0.2) is 5.78 Å². The van der Waals surface area contributed by atoms with Crippen molar-refractivity contribution in [2.24, 2.45) is 5.73 Å². The first-order valence-electron chi connectivity index (χ1n) is 9.52. The molecule has 2 aromatic rings. The van der Waals surface area contributed by atoms with Gasteiger partial charge in [-0.05, 0) is 38.0 Å². The minimum absolute atomic E-state index is 0.0687. The first-order valence-corrected chi connectivity index (χ1v) is 9.52. The Bertz CT molecular complexity index is 884. The summed E-state index contributed by atoms with van der Waals surface area (Å²) in [6.45, 7) is 3.77. The van der Waals surface area contributed by atoms with Crippen molar-refractivity contribution in [3.8, 4) is 0 Å². The highest BCUT2D eigenvalue weighted by Gasteiger charge is 2.19. The van der Waals surface area contributed by atoms with Crippen LogP contribution in [0.25, 0.3) is 0 Å². The number of amides is 2. The highest BCUT2D eigenvalue weighted by atomic mass is 16.2. The number of Topliss-reactive ketones (excluding diaryl/α,β-unsaturated/α-hetero) is 1. The highest BCUT2D eigenvalue weighted by molar-refractivity contribution is 6.02. The minimum Gasteiger partial charge on any atom is -0.370 e. The molecule has 146 valence electrons. The zero-order valence-corrected chi connectivity index (χ0v) is 16.0. The van der Waals surface area contributed by atoms with Crippen LogP contribution in [0.3, 0.4) is 0 Å². The van der Waals surface area contributed by atoms with Crippen molar-refractivity contribution < 1.29 is 14.4 Å². The van der Waals surface area contributed by atoms with Gasteiger partial charge in [-0.15, -0.1) is 0 Å². The molecule has 0 aromatic heterocycles. The Labute approximate surface area is 164 Å². The number of nitrogens with one attached hydrogen (secondary N) is 1. The lowest BCUT2D eigenvalue weighted by Gasteiger charge is -2.22. The van der Waals surface area contributed by atoms with E-state index in [1.807, 2.05) is 25.1 Å². The van der Waals surface area contributed by atoms with Gasteiger partial charge in [0, 0.05) is 37.1 Å². The molecule has 0 unspecified atom stereocenters. The molecule has 0 radical (unpaired) electrons. The summed E-state index contributed by atoms with van der Waals surface area (Å²) in [4.78, 5) is 38.4. The lowest BCUT2D eigenvalue weighted by atomic mass is 10.0. The van der Waals surface area contributed by atoms with Crippen molar-refractivity contribution in [3.63, 3.8) is 0 Å². The van der Waals surface area contributed by atoms with Crippen LogP contribution >= 0.6 is 0 Å².